The SMILES string of the molecule is NCc1cn[nH]c1-c1ccc(SCC(F)F)cc1. The quantitative estimate of drug-likeness (QED) is 0.821. The standard InChI is InChI=1S/C12H13F2N3S/c13-11(14)7-18-10-3-1-8(2-4-10)12-9(5-15)6-16-17-12/h1-4,6,11H,5,7,15H2,(H,16,17). The highest BCUT2D eigenvalue weighted by atomic mass is 32.2. The Bertz CT molecular complexity index is 496. The summed E-state index contributed by atoms with van der Waals surface area (Å²) in [5, 5.41) is 6.83. The van der Waals surface area contributed by atoms with E-state index in [0.717, 1.165) is 33.5 Å². The number of aromatic amines is 1. The molecule has 6 heteroatoms. The fourth-order valence-electron chi connectivity index (χ4n) is 1.59. The molecule has 0 saturated carbocycles. The first kappa shape index (κ1) is 13.0. The molecule has 0 saturated heterocycles. The van der Waals surface area contributed by atoms with Crippen LogP contribution in [0.2, 0.25) is 0 Å². The molecule has 18 heavy (non-hydrogen) atoms. The summed E-state index contributed by atoms with van der Waals surface area (Å²) in [4.78, 5) is 0.827. The van der Waals surface area contributed by atoms with E-state index in [1.165, 1.54) is 0 Å². The van der Waals surface area contributed by atoms with Crippen LogP contribution in [0.25, 0.3) is 11.3 Å². The van der Waals surface area contributed by atoms with E-state index >= 15 is 0 Å². The van der Waals surface area contributed by atoms with Gasteiger partial charge in [0.25, 0.3) is 0 Å². The molecular formula is C12H13F2N3S. The molecule has 0 spiro atoms. The lowest BCUT2D eigenvalue weighted by atomic mass is 10.1. The number of rotatable bonds is 5. The number of nitrogens with zero attached hydrogens (tertiary/aromatic N) is 1. The maximum atomic E-state index is 12.1. The van der Waals surface area contributed by atoms with Gasteiger partial charge in [-0.2, -0.15) is 5.10 Å². The molecule has 0 atom stereocenters. The van der Waals surface area contributed by atoms with Gasteiger partial charge in [0, 0.05) is 17.0 Å². The van der Waals surface area contributed by atoms with Gasteiger partial charge in [-0.25, -0.2) is 8.78 Å². The first-order valence-corrected chi connectivity index (χ1v) is 6.43. The lowest BCUT2D eigenvalue weighted by molar-refractivity contribution is 0.177. The first-order chi connectivity index (χ1) is 8.70. The molecule has 0 aliphatic rings. The molecule has 0 unspecified atom stereocenters. The third-order valence-electron chi connectivity index (χ3n) is 2.46. The smallest absolute Gasteiger partial charge is 0.247 e. The zero-order valence-electron chi connectivity index (χ0n) is 9.57. The summed E-state index contributed by atoms with van der Waals surface area (Å²) < 4.78 is 24.1. The molecule has 0 fully saturated rings. The molecule has 3 N–H and O–H groups in total. The summed E-state index contributed by atoms with van der Waals surface area (Å²) in [5.41, 5.74) is 8.36. The molecule has 96 valence electrons. The Labute approximate surface area is 108 Å². The van der Waals surface area contributed by atoms with Crippen LogP contribution in [-0.4, -0.2) is 22.4 Å². The number of hydrogen-bond acceptors (Lipinski definition) is 3. The van der Waals surface area contributed by atoms with Crippen molar-refractivity contribution in [3.63, 3.8) is 0 Å². The molecule has 1 heterocycles. The Balaban J connectivity index is 2.12. The second-order valence-corrected chi connectivity index (χ2v) is 4.79. The molecule has 0 aliphatic heterocycles. The van der Waals surface area contributed by atoms with E-state index in [1.54, 1.807) is 6.20 Å². The predicted octanol–water partition coefficient (Wildman–Crippen LogP) is 2.89. The zero-order chi connectivity index (χ0) is 13.0. The van der Waals surface area contributed by atoms with Crippen LogP contribution in [0.5, 0.6) is 0 Å². The zero-order valence-corrected chi connectivity index (χ0v) is 10.4. The van der Waals surface area contributed by atoms with Crippen molar-refractivity contribution in [2.24, 2.45) is 5.73 Å². The average molecular weight is 269 g/mol. The van der Waals surface area contributed by atoms with E-state index in [9.17, 15) is 8.78 Å². The van der Waals surface area contributed by atoms with Crippen LogP contribution in [0.4, 0.5) is 8.78 Å². The molecule has 1 aromatic heterocycles. The van der Waals surface area contributed by atoms with Crippen molar-refractivity contribution in [2.75, 3.05) is 5.75 Å². The van der Waals surface area contributed by atoms with Crippen LogP contribution in [0, 0.1) is 0 Å². The third-order valence-corrected chi connectivity index (χ3v) is 3.48. The number of thioether (sulfide) groups is 1. The first-order valence-electron chi connectivity index (χ1n) is 5.44. The van der Waals surface area contributed by atoms with Gasteiger partial charge < -0.3 is 5.73 Å². The Kier molecular flexibility index (Phi) is 4.33. The van der Waals surface area contributed by atoms with Gasteiger partial charge in [-0.15, -0.1) is 11.8 Å². The van der Waals surface area contributed by atoms with Crippen LogP contribution in [0.1, 0.15) is 5.56 Å². The Morgan fingerprint density at radius 1 is 1.28 bits per heavy atom. The normalized spacial score (nSPS) is 11.1. The molecule has 0 aliphatic carbocycles. The lowest BCUT2D eigenvalue weighted by Crippen LogP contribution is -1.96. The molecular weight excluding hydrogens is 256 g/mol. The minimum Gasteiger partial charge on any atom is -0.326 e. The Hall–Kier alpha value is -1.40. The number of nitrogens with one attached hydrogen (secondary N) is 1. The largest absolute Gasteiger partial charge is 0.326 e. The molecule has 2 rings (SSSR count). The molecule has 0 radical (unpaired) electrons. The van der Waals surface area contributed by atoms with Crippen molar-refractivity contribution in [2.45, 2.75) is 17.9 Å². The van der Waals surface area contributed by atoms with Gasteiger partial charge in [-0.3, -0.25) is 5.10 Å². The highest BCUT2D eigenvalue weighted by Gasteiger charge is 2.07. The number of aromatic nitrogens is 2. The van der Waals surface area contributed by atoms with E-state index in [0.29, 0.717) is 6.54 Å². The maximum Gasteiger partial charge on any atom is 0.247 e. The fourth-order valence-corrected chi connectivity index (χ4v) is 2.24. The lowest BCUT2D eigenvalue weighted by Gasteiger charge is -2.04. The third kappa shape index (κ3) is 3.08. The highest BCUT2D eigenvalue weighted by molar-refractivity contribution is 7.99. The van der Waals surface area contributed by atoms with Gasteiger partial charge in [0.05, 0.1) is 17.6 Å². The van der Waals surface area contributed by atoms with E-state index in [4.69, 9.17) is 5.73 Å². The second kappa shape index (κ2) is 5.97. The highest BCUT2D eigenvalue weighted by Crippen LogP contribution is 2.25. The number of H-pyrrole nitrogens is 1. The van der Waals surface area contributed by atoms with Crippen molar-refractivity contribution < 1.29 is 8.78 Å². The van der Waals surface area contributed by atoms with E-state index in [-0.39, 0.29) is 5.75 Å². The molecule has 0 bridgehead atoms. The van der Waals surface area contributed by atoms with Crippen molar-refractivity contribution in [1.29, 1.82) is 0 Å². The molecule has 2 aromatic rings. The van der Waals surface area contributed by atoms with Gasteiger partial charge in [-0.05, 0) is 17.7 Å². The van der Waals surface area contributed by atoms with Gasteiger partial charge in [0.1, 0.15) is 0 Å². The van der Waals surface area contributed by atoms with Crippen molar-refractivity contribution in [3.8, 4) is 11.3 Å². The Morgan fingerprint density at radius 3 is 2.61 bits per heavy atom. The van der Waals surface area contributed by atoms with E-state index in [1.807, 2.05) is 24.3 Å². The van der Waals surface area contributed by atoms with Crippen molar-refractivity contribution >= 4 is 11.8 Å². The second-order valence-electron chi connectivity index (χ2n) is 3.70. The Morgan fingerprint density at radius 2 is 2.00 bits per heavy atom. The van der Waals surface area contributed by atoms with Crippen LogP contribution in [-0.2, 0) is 6.54 Å². The summed E-state index contributed by atoms with van der Waals surface area (Å²) in [6.07, 6.45) is -0.597. The summed E-state index contributed by atoms with van der Waals surface area (Å²) in [5.74, 6) is -0.183. The average Bonchev–Trinajstić information content (AvgIpc) is 2.85. The molecule has 0 amide bonds. The minimum absolute atomic E-state index is 0.183. The summed E-state index contributed by atoms with van der Waals surface area (Å²) >= 11 is 1.14. The van der Waals surface area contributed by atoms with Crippen LogP contribution in [0.3, 0.4) is 0 Å². The molecule has 3 nitrogen and oxygen atoms in total. The van der Waals surface area contributed by atoms with E-state index in [2.05, 4.69) is 10.2 Å². The summed E-state index contributed by atoms with van der Waals surface area (Å²) in [7, 11) is 0. The summed E-state index contributed by atoms with van der Waals surface area (Å²) in [6, 6.07) is 7.40. The van der Waals surface area contributed by atoms with Crippen LogP contribution < -0.4 is 5.73 Å². The number of nitrogens with two attached hydrogens (primary N) is 1. The van der Waals surface area contributed by atoms with Gasteiger partial charge in [-0.1, -0.05) is 12.1 Å². The minimum atomic E-state index is -2.29. The number of hydrogen-bond donors (Lipinski definition) is 2. The number of halogens is 2. The number of benzene rings is 1. The fraction of sp³-hybridized carbons (Fsp3) is 0.250. The molecule has 1 aromatic carbocycles. The van der Waals surface area contributed by atoms with Crippen LogP contribution in [0.15, 0.2) is 35.4 Å². The van der Waals surface area contributed by atoms with Crippen molar-refractivity contribution in [3.05, 3.63) is 36.0 Å². The van der Waals surface area contributed by atoms with Gasteiger partial charge in [0.15, 0.2) is 0 Å². The van der Waals surface area contributed by atoms with Crippen molar-refractivity contribution in [1.82, 2.24) is 10.2 Å². The maximum absolute atomic E-state index is 12.1. The van der Waals surface area contributed by atoms with Crippen LogP contribution >= 0.6 is 11.8 Å². The summed E-state index contributed by atoms with van der Waals surface area (Å²) in [6.45, 7) is 0.410. The predicted molar refractivity (Wildman–Crippen MR) is 68.6 cm³/mol. The van der Waals surface area contributed by atoms with Gasteiger partial charge >= 0.3 is 0 Å². The van der Waals surface area contributed by atoms with Gasteiger partial charge in [0.2, 0.25) is 6.43 Å². The topological polar surface area (TPSA) is 54.7 Å². The number of alkyl halides is 2. The monoisotopic (exact) mass is 269 g/mol. The van der Waals surface area contributed by atoms with E-state index < -0.39 is 6.43 Å².